The van der Waals surface area contributed by atoms with Gasteiger partial charge in [-0.1, -0.05) is 54.9 Å². The van der Waals surface area contributed by atoms with Crippen molar-refractivity contribution in [3.63, 3.8) is 0 Å². The van der Waals surface area contributed by atoms with Gasteiger partial charge in [0.1, 0.15) is 16.6 Å². The van der Waals surface area contributed by atoms with E-state index in [1.807, 2.05) is 12.1 Å². The van der Waals surface area contributed by atoms with Crippen LogP contribution in [0.3, 0.4) is 0 Å². The third-order valence-corrected chi connectivity index (χ3v) is 6.07. The third-order valence-electron chi connectivity index (χ3n) is 5.86. The third kappa shape index (κ3) is 4.31. The Morgan fingerprint density at radius 1 is 1.34 bits per heavy atom. The van der Waals surface area contributed by atoms with Crippen LogP contribution in [0.25, 0.3) is 0 Å². The summed E-state index contributed by atoms with van der Waals surface area (Å²) in [5.41, 5.74) is 2.02. The van der Waals surface area contributed by atoms with Crippen molar-refractivity contribution in [3.05, 3.63) is 58.6 Å². The fourth-order valence-corrected chi connectivity index (χ4v) is 4.36. The molecule has 1 fully saturated rings. The Bertz CT molecular complexity index is 1080. The molecule has 1 saturated heterocycles. The summed E-state index contributed by atoms with van der Waals surface area (Å²) >= 11 is 5.98. The van der Waals surface area contributed by atoms with Crippen LogP contribution < -0.4 is 10.1 Å². The van der Waals surface area contributed by atoms with Gasteiger partial charge in [0.25, 0.3) is 0 Å². The van der Waals surface area contributed by atoms with Crippen LogP contribution in [0.5, 0.6) is 5.75 Å². The maximum absolute atomic E-state index is 13.7. The number of hydrogen-bond acceptors (Lipinski definition) is 7. The van der Waals surface area contributed by atoms with Crippen molar-refractivity contribution in [2.24, 2.45) is 0 Å². The first kappa shape index (κ1) is 22.2. The van der Waals surface area contributed by atoms with Gasteiger partial charge in [-0.25, -0.2) is 4.98 Å². The molecule has 0 bridgehead atoms. The minimum atomic E-state index is -0.692. The van der Waals surface area contributed by atoms with Gasteiger partial charge in [-0.2, -0.15) is 5.21 Å². The second kappa shape index (κ2) is 9.22. The number of amides is 1. The van der Waals surface area contributed by atoms with Crippen molar-refractivity contribution in [2.45, 2.75) is 31.6 Å². The minimum absolute atomic E-state index is 0.0937. The molecule has 1 aromatic carbocycles. The van der Waals surface area contributed by atoms with E-state index in [2.05, 4.69) is 61.8 Å². The molecule has 0 spiro atoms. The van der Waals surface area contributed by atoms with Crippen molar-refractivity contribution >= 4 is 23.2 Å². The maximum atomic E-state index is 13.7. The highest BCUT2D eigenvalue weighted by Gasteiger charge is 2.51. The van der Waals surface area contributed by atoms with Gasteiger partial charge in [-0.15, -0.1) is 10.2 Å². The number of ether oxygens (including phenoxy) is 1. The van der Waals surface area contributed by atoms with Gasteiger partial charge in [-0.3, -0.25) is 9.69 Å². The SMILES string of the molecule is COc1cc(Cl)ncc1NC(=O)C1(c2ccccc2C(C)C)CN(CCc2nn[nH]n2)C1. The van der Waals surface area contributed by atoms with E-state index >= 15 is 0 Å². The monoisotopic (exact) mass is 455 g/mol. The number of methoxy groups -OCH3 is 1. The highest BCUT2D eigenvalue weighted by atomic mass is 35.5. The van der Waals surface area contributed by atoms with Gasteiger partial charge in [0.05, 0.1) is 18.7 Å². The van der Waals surface area contributed by atoms with Crippen LogP contribution >= 0.6 is 11.6 Å². The average molecular weight is 456 g/mol. The molecule has 3 aromatic rings. The lowest BCUT2D eigenvalue weighted by Crippen LogP contribution is -2.65. The first-order chi connectivity index (χ1) is 15.4. The predicted octanol–water partition coefficient (Wildman–Crippen LogP) is 2.81. The van der Waals surface area contributed by atoms with E-state index in [0.29, 0.717) is 41.9 Å². The highest BCUT2D eigenvalue weighted by molar-refractivity contribution is 6.29. The molecule has 9 nitrogen and oxygen atoms in total. The molecule has 1 aliphatic rings. The molecule has 10 heteroatoms. The van der Waals surface area contributed by atoms with Crippen molar-refractivity contribution in [1.29, 1.82) is 0 Å². The molecule has 0 unspecified atom stereocenters. The van der Waals surface area contributed by atoms with Crippen LogP contribution in [0.2, 0.25) is 5.15 Å². The van der Waals surface area contributed by atoms with Crippen LogP contribution in [0, 0.1) is 0 Å². The van der Waals surface area contributed by atoms with E-state index in [1.165, 1.54) is 18.9 Å². The highest BCUT2D eigenvalue weighted by Crippen LogP contribution is 2.40. The normalized spacial score (nSPS) is 15.4. The van der Waals surface area contributed by atoms with Crippen molar-refractivity contribution in [1.82, 2.24) is 30.5 Å². The predicted molar refractivity (Wildman–Crippen MR) is 121 cm³/mol. The first-order valence-corrected chi connectivity index (χ1v) is 10.9. The van der Waals surface area contributed by atoms with Crippen LogP contribution in [-0.4, -0.2) is 63.2 Å². The lowest BCUT2D eigenvalue weighted by atomic mass is 9.69. The molecule has 2 N–H and O–H groups in total. The summed E-state index contributed by atoms with van der Waals surface area (Å²) in [4.78, 5) is 20.1. The van der Waals surface area contributed by atoms with Gasteiger partial charge in [0.2, 0.25) is 5.91 Å². The Kier molecular flexibility index (Phi) is 6.38. The second-order valence-electron chi connectivity index (χ2n) is 8.27. The molecule has 0 aliphatic carbocycles. The Morgan fingerprint density at radius 2 is 2.12 bits per heavy atom. The van der Waals surface area contributed by atoms with Crippen LogP contribution in [0.1, 0.15) is 36.7 Å². The number of rotatable bonds is 8. The number of H-pyrrole nitrogens is 1. The Morgan fingerprint density at radius 3 is 2.81 bits per heavy atom. The molecule has 0 radical (unpaired) electrons. The van der Waals surface area contributed by atoms with E-state index in [9.17, 15) is 4.79 Å². The maximum Gasteiger partial charge on any atom is 0.237 e. The summed E-state index contributed by atoms with van der Waals surface area (Å²) in [7, 11) is 1.54. The van der Waals surface area contributed by atoms with Gasteiger partial charge < -0.3 is 10.1 Å². The van der Waals surface area contributed by atoms with E-state index < -0.39 is 5.41 Å². The lowest BCUT2D eigenvalue weighted by molar-refractivity contribution is -0.128. The molecule has 4 rings (SSSR count). The number of nitrogens with one attached hydrogen (secondary N) is 2. The Hall–Kier alpha value is -3.04. The van der Waals surface area contributed by atoms with Gasteiger partial charge >= 0.3 is 0 Å². The number of nitrogens with zero attached hydrogens (tertiary/aromatic N) is 5. The van der Waals surface area contributed by atoms with Crippen molar-refractivity contribution < 1.29 is 9.53 Å². The van der Waals surface area contributed by atoms with Gasteiger partial charge in [-0.05, 0) is 17.0 Å². The summed E-state index contributed by atoms with van der Waals surface area (Å²) in [5, 5.41) is 17.4. The van der Waals surface area contributed by atoms with E-state index in [0.717, 1.165) is 12.1 Å². The number of tetrazole rings is 1. The number of likely N-dealkylation sites (tertiary alicyclic amines) is 1. The summed E-state index contributed by atoms with van der Waals surface area (Å²) in [6, 6.07) is 9.75. The van der Waals surface area contributed by atoms with Crippen molar-refractivity contribution in [3.8, 4) is 5.75 Å². The largest absolute Gasteiger partial charge is 0.494 e. The molecule has 3 heterocycles. The molecule has 2 aromatic heterocycles. The molecule has 32 heavy (non-hydrogen) atoms. The number of aromatic nitrogens is 5. The summed E-state index contributed by atoms with van der Waals surface area (Å²) in [6.07, 6.45) is 2.18. The average Bonchev–Trinajstić information content (AvgIpc) is 3.28. The first-order valence-electron chi connectivity index (χ1n) is 10.5. The molecule has 168 valence electrons. The number of anilines is 1. The van der Waals surface area contributed by atoms with Gasteiger partial charge in [0, 0.05) is 32.1 Å². The number of aromatic amines is 1. The number of hydrogen-bond donors (Lipinski definition) is 2. The Labute approximate surface area is 191 Å². The molecular weight excluding hydrogens is 430 g/mol. The van der Waals surface area contributed by atoms with Gasteiger partial charge in [0.15, 0.2) is 5.82 Å². The zero-order chi connectivity index (χ0) is 22.7. The van der Waals surface area contributed by atoms with E-state index in [1.54, 1.807) is 6.07 Å². The quantitative estimate of drug-likeness (QED) is 0.502. The number of carbonyl (C=O) groups excluding carboxylic acids is 1. The number of carbonyl (C=O) groups is 1. The zero-order valence-electron chi connectivity index (χ0n) is 18.3. The standard InChI is InChI=1S/C22H26ClN7O2/c1-14(2)15-6-4-5-7-16(15)22(12-30(13-22)9-8-20-26-28-29-27-20)21(31)25-17-11-24-19(23)10-18(17)32-3/h4-7,10-11,14H,8-9,12-13H2,1-3H3,(H,25,31)(H,26,27,28,29). The van der Waals surface area contributed by atoms with Crippen LogP contribution in [-0.2, 0) is 16.6 Å². The van der Waals surface area contributed by atoms with Crippen LogP contribution in [0.15, 0.2) is 36.5 Å². The van der Waals surface area contributed by atoms with E-state index in [-0.39, 0.29) is 11.8 Å². The molecule has 1 aliphatic heterocycles. The number of pyridine rings is 1. The fraction of sp³-hybridized carbons (Fsp3) is 0.409. The van der Waals surface area contributed by atoms with Crippen LogP contribution in [0.4, 0.5) is 5.69 Å². The fourth-order valence-electron chi connectivity index (χ4n) is 4.21. The molecular formula is C22H26ClN7O2. The smallest absolute Gasteiger partial charge is 0.237 e. The summed E-state index contributed by atoms with van der Waals surface area (Å²) in [5.74, 6) is 1.32. The second-order valence-corrected chi connectivity index (χ2v) is 8.66. The zero-order valence-corrected chi connectivity index (χ0v) is 19.1. The minimum Gasteiger partial charge on any atom is -0.494 e. The Balaban J connectivity index is 1.61. The van der Waals surface area contributed by atoms with Crippen molar-refractivity contribution in [2.75, 3.05) is 32.1 Å². The lowest BCUT2D eigenvalue weighted by Gasteiger charge is -2.50. The molecule has 1 amide bonds. The summed E-state index contributed by atoms with van der Waals surface area (Å²) < 4.78 is 5.39. The molecule has 0 saturated carbocycles. The summed E-state index contributed by atoms with van der Waals surface area (Å²) in [6.45, 7) is 6.20. The topological polar surface area (TPSA) is 109 Å². The number of halogens is 1. The number of benzene rings is 1. The molecule has 0 atom stereocenters. The van der Waals surface area contributed by atoms with E-state index in [4.69, 9.17) is 16.3 Å².